The summed E-state index contributed by atoms with van der Waals surface area (Å²) in [6.45, 7) is 5.61. The SMILES string of the molecule is CC1CCC(CN)CC1C. The Hall–Kier alpha value is -0.0400. The Balaban J connectivity index is 2.33. The Kier molecular flexibility index (Phi) is 2.72. The molecular formula is C9H19N. The molecule has 60 valence electrons. The number of nitrogens with two attached hydrogens (primary N) is 1. The fourth-order valence-electron chi connectivity index (χ4n) is 1.87. The average Bonchev–Trinajstić information content (AvgIpc) is 1.95. The van der Waals surface area contributed by atoms with Gasteiger partial charge in [-0.1, -0.05) is 20.3 Å². The van der Waals surface area contributed by atoms with Crippen LogP contribution in [0.25, 0.3) is 0 Å². The molecule has 1 saturated carbocycles. The maximum absolute atomic E-state index is 5.61. The predicted octanol–water partition coefficient (Wildman–Crippen LogP) is 2.02. The Morgan fingerprint density at radius 1 is 1.20 bits per heavy atom. The van der Waals surface area contributed by atoms with Crippen LogP contribution in [0.2, 0.25) is 0 Å². The molecule has 0 bridgehead atoms. The van der Waals surface area contributed by atoms with Crippen molar-refractivity contribution in [2.24, 2.45) is 23.5 Å². The summed E-state index contributed by atoms with van der Waals surface area (Å²) in [5, 5.41) is 0. The smallest absolute Gasteiger partial charge is 0.00488 e. The van der Waals surface area contributed by atoms with Crippen molar-refractivity contribution in [3.8, 4) is 0 Å². The normalized spacial score (nSPS) is 41.7. The summed E-state index contributed by atoms with van der Waals surface area (Å²) in [5.41, 5.74) is 5.61. The van der Waals surface area contributed by atoms with Crippen molar-refractivity contribution in [2.75, 3.05) is 6.54 Å². The van der Waals surface area contributed by atoms with E-state index in [4.69, 9.17) is 5.73 Å². The molecule has 1 rings (SSSR count). The lowest BCUT2D eigenvalue weighted by atomic mass is 9.76. The van der Waals surface area contributed by atoms with Gasteiger partial charge in [-0.25, -0.2) is 0 Å². The van der Waals surface area contributed by atoms with Gasteiger partial charge in [-0.05, 0) is 37.1 Å². The van der Waals surface area contributed by atoms with Crippen molar-refractivity contribution in [3.05, 3.63) is 0 Å². The van der Waals surface area contributed by atoms with Crippen LogP contribution in [0.4, 0.5) is 0 Å². The van der Waals surface area contributed by atoms with Crippen LogP contribution < -0.4 is 5.73 Å². The fraction of sp³-hybridized carbons (Fsp3) is 1.00. The zero-order chi connectivity index (χ0) is 7.56. The highest BCUT2D eigenvalue weighted by molar-refractivity contribution is 4.75. The first-order valence-corrected chi connectivity index (χ1v) is 4.44. The number of hydrogen-bond donors (Lipinski definition) is 1. The van der Waals surface area contributed by atoms with Gasteiger partial charge in [0.15, 0.2) is 0 Å². The van der Waals surface area contributed by atoms with Gasteiger partial charge in [0.1, 0.15) is 0 Å². The first-order valence-electron chi connectivity index (χ1n) is 4.44. The maximum atomic E-state index is 5.61. The zero-order valence-electron chi connectivity index (χ0n) is 7.14. The van der Waals surface area contributed by atoms with Gasteiger partial charge >= 0.3 is 0 Å². The highest BCUT2D eigenvalue weighted by atomic mass is 14.6. The molecule has 1 heteroatoms. The van der Waals surface area contributed by atoms with Crippen LogP contribution in [0.1, 0.15) is 33.1 Å². The van der Waals surface area contributed by atoms with E-state index in [1.807, 2.05) is 0 Å². The van der Waals surface area contributed by atoms with Crippen LogP contribution in [0.15, 0.2) is 0 Å². The Morgan fingerprint density at radius 3 is 2.40 bits per heavy atom. The van der Waals surface area contributed by atoms with Crippen molar-refractivity contribution >= 4 is 0 Å². The van der Waals surface area contributed by atoms with Gasteiger partial charge in [-0.2, -0.15) is 0 Å². The largest absolute Gasteiger partial charge is 0.330 e. The maximum Gasteiger partial charge on any atom is -0.00488 e. The van der Waals surface area contributed by atoms with E-state index in [1.165, 1.54) is 19.3 Å². The van der Waals surface area contributed by atoms with Gasteiger partial charge in [-0.3, -0.25) is 0 Å². The lowest BCUT2D eigenvalue weighted by molar-refractivity contribution is 0.213. The number of rotatable bonds is 1. The van der Waals surface area contributed by atoms with E-state index in [9.17, 15) is 0 Å². The summed E-state index contributed by atoms with van der Waals surface area (Å²) >= 11 is 0. The molecule has 0 spiro atoms. The zero-order valence-corrected chi connectivity index (χ0v) is 7.14. The second-order valence-corrected chi connectivity index (χ2v) is 3.87. The monoisotopic (exact) mass is 141 g/mol. The van der Waals surface area contributed by atoms with Crippen molar-refractivity contribution in [1.29, 1.82) is 0 Å². The van der Waals surface area contributed by atoms with Crippen molar-refractivity contribution in [3.63, 3.8) is 0 Å². The molecule has 1 aliphatic rings. The van der Waals surface area contributed by atoms with Crippen LogP contribution >= 0.6 is 0 Å². The van der Waals surface area contributed by atoms with E-state index < -0.39 is 0 Å². The van der Waals surface area contributed by atoms with Crippen LogP contribution in [-0.4, -0.2) is 6.54 Å². The van der Waals surface area contributed by atoms with E-state index in [-0.39, 0.29) is 0 Å². The summed E-state index contributed by atoms with van der Waals surface area (Å²) in [4.78, 5) is 0. The molecule has 0 aromatic carbocycles. The summed E-state index contributed by atoms with van der Waals surface area (Å²) in [5.74, 6) is 2.66. The molecule has 1 nitrogen and oxygen atoms in total. The van der Waals surface area contributed by atoms with Crippen LogP contribution in [0.3, 0.4) is 0 Å². The lowest BCUT2D eigenvalue weighted by Gasteiger charge is -2.31. The van der Waals surface area contributed by atoms with Gasteiger partial charge in [0, 0.05) is 0 Å². The van der Waals surface area contributed by atoms with Crippen molar-refractivity contribution in [2.45, 2.75) is 33.1 Å². The molecule has 2 N–H and O–H groups in total. The van der Waals surface area contributed by atoms with Gasteiger partial charge < -0.3 is 5.73 Å². The summed E-state index contributed by atoms with van der Waals surface area (Å²) in [6.07, 6.45) is 4.11. The third-order valence-corrected chi connectivity index (χ3v) is 3.04. The molecule has 1 fully saturated rings. The standard InChI is InChI=1S/C9H19N/c1-7-3-4-9(6-10)5-8(7)2/h7-9H,3-6,10H2,1-2H3. The van der Waals surface area contributed by atoms with E-state index in [0.717, 1.165) is 24.3 Å². The summed E-state index contributed by atoms with van der Waals surface area (Å²) in [7, 11) is 0. The van der Waals surface area contributed by atoms with Crippen molar-refractivity contribution < 1.29 is 0 Å². The van der Waals surface area contributed by atoms with Crippen LogP contribution in [-0.2, 0) is 0 Å². The van der Waals surface area contributed by atoms with E-state index in [0.29, 0.717) is 0 Å². The van der Waals surface area contributed by atoms with E-state index >= 15 is 0 Å². The molecule has 0 amide bonds. The summed E-state index contributed by atoms with van der Waals surface area (Å²) in [6, 6.07) is 0. The average molecular weight is 141 g/mol. The molecule has 10 heavy (non-hydrogen) atoms. The fourth-order valence-corrected chi connectivity index (χ4v) is 1.87. The molecule has 0 aromatic rings. The lowest BCUT2D eigenvalue weighted by Crippen LogP contribution is -2.25. The number of hydrogen-bond acceptors (Lipinski definition) is 1. The highest BCUT2D eigenvalue weighted by Crippen LogP contribution is 2.32. The Morgan fingerprint density at radius 2 is 1.90 bits per heavy atom. The minimum Gasteiger partial charge on any atom is -0.330 e. The van der Waals surface area contributed by atoms with Crippen LogP contribution in [0.5, 0.6) is 0 Å². The topological polar surface area (TPSA) is 26.0 Å². The van der Waals surface area contributed by atoms with Crippen molar-refractivity contribution in [1.82, 2.24) is 0 Å². The molecule has 3 atom stereocenters. The molecule has 0 aromatic heterocycles. The van der Waals surface area contributed by atoms with Gasteiger partial charge in [0.05, 0.1) is 0 Å². The Labute approximate surface area is 64.0 Å². The van der Waals surface area contributed by atoms with Gasteiger partial charge in [0.2, 0.25) is 0 Å². The molecule has 0 heterocycles. The highest BCUT2D eigenvalue weighted by Gasteiger charge is 2.22. The molecule has 0 radical (unpaired) electrons. The first-order chi connectivity index (χ1) is 4.74. The third-order valence-electron chi connectivity index (χ3n) is 3.04. The van der Waals surface area contributed by atoms with E-state index in [1.54, 1.807) is 0 Å². The second kappa shape index (κ2) is 3.38. The molecular weight excluding hydrogens is 122 g/mol. The summed E-state index contributed by atoms with van der Waals surface area (Å²) < 4.78 is 0. The van der Waals surface area contributed by atoms with Gasteiger partial charge in [0.25, 0.3) is 0 Å². The van der Waals surface area contributed by atoms with E-state index in [2.05, 4.69) is 13.8 Å². The third kappa shape index (κ3) is 1.72. The second-order valence-electron chi connectivity index (χ2n) is 3.87. The predicted molar refractivity (Wildman–Crippen MR) is 44.7 cm³/mol. The molecule has 0 aliphatic heterocycles. The van der Waals surface area contributed by atoms with Crippen LogP contribution in [0, 0.1) is 17.8 Å². The quantitative estimate of drug-likeness (QED) is 0.594. The molecule has 0 saturated heterocycles. The minimum atomic E-state index is 0.825. The minimum absolute atomic E-state index is 0.825. The van der Waals surface area contributed by atoms with Gasteiger partial charge in [-0.15, -0.1) is 0 Å². The first kappa shape index (κ1) is 8.06. The Bertz CT molecular complexity index is 101. The molecule has 3 unspecified atom stereocenters. The molecule has 1 aliphatic carbocycles.